The molecule has 0 saturated carbocycles. The second kappa shape index (κ2) is 11.2. The molecule has 0 aliphatic heterocycles. The summed E-state index contributed by atoms with van der Waals surface area (Å²) in [6, 6.07) is 7.78. The van der Waals surface area contributed by atoms with Crippen molar-refractivity contribution in [3.63, 3.8) is 0 Å². The van der Waals surface area contributed by atoms with E-state index in [-0.39, 0.29) is 22.7 Å². The average Bonchev–Trinajstić information content (AvgIpc) is 2.80. The number of fused-ring (bicyclic) bond motifs is 1. The van der Waals surface area contributed by atoms with Crippen LogP contribution in [0, 0.1) is 5.82 Å². The quantitative estimate of drug-likeness (QED) is 0.410. The van der Waals surface area contributed by atoms with Gasteiger partial charge in [-0.15, -0.1) is 0 Å². The van der Waals surface area contributed by atoms with Crippen LogP contribution in [0.5, 0.6) is 5.75 Å². The SMILES string of the molecule is COC[C@H](C)NC(=O)[C@H](C)NCc1cc2c(Nc3cccc(Cl)c3F)ncnc2cc1OC. The van der Waals surface area contributed by atoms with Gasteiger partial charge in [-0.3, -0.25) is 4.79 Å². The van der Waals surface area contributed by atoms with Crippen LogP contribution in [0.2, 0.25) is 5.02 Å². The van der Waals surface area contributed by atoms with Gasteiger partial charge in [0.1, 0.15) is 17.9 Å². The second-order valence-corrected chi connectivity index (χ2v) is 8.00. The summed E-state index contributed by atoms with van der Waals surface area (Å²) in [5.41, 5.74) is 1.61. The third kappa shape index (κ3) is 6.07. The molecule has 1 aromatic heterocycles. The Morgan fingerprint density at radius 1 is 1.21 bits per heavy atom. The third-order valence-electron chi connectivity index (χ3n) is 5.04. The van der Waals surface area contributed by atoms with Crippen LogP contribution in [0.25, 0.3) is 10.9 Å². The number of halogens is 2. The third-order valence-corrected chi connectivity index (χ3v) is 5.33. The maximum absolute atomic E-state index is 14.4. The first-order valence-corrected chi connectivity index (χ1v) is 10.8. The zero-order chi connectivity index (χ0) is 24.0. The number of hydrogen-bond donors (Lipinski definition) is 3. The smallest absolute Gasteiger partial charge is 0.237 e. The Morgan fingerprint density at radius 2 is 2.00 bits per heavy atom. The molecule has 10 heteroatoms. The maximum Gasteiger partial charge on any atom is 0.237 e. The minimum atomic E-state index is -0.566. The molecule has 33 heavy (non-hydrogen) atoms. The lowest BCUT2D eigenvalue weighted by Gasteiger charge is -2.19. The van der Waals surface area contributed by atoms with Crippen molar-refractivity contribution in [3.8, 4) is 5.75 Å². The van der Waals surface area contributed by atoms with E-state index in [1.165, 1.54) is 12.4 Å². The van der Waals surface area contributed by atoms with Gasteiger partial charge in [0, 0.05) is 36.7 Å². The molecule has 0 unspecified atom stereocenters. The highest BCUT2D eigenvalue weighted by Gasteiger charge is 2.17. The molecular weight excluding hydrogens is 449 g/mol. The number of rotatable bonds is 10. The first kappa shape index (κ1) is 24.6. The number of carbonyl (C=O) groups is 1. The predicted molar refractivity (Wildman–Crippen MR) is 127 cm³/mol. The summed E-state index contributed by atoms with van der Waals surface area (Å²) >= 11 is 5.90. The monoisotopic (exact) mass is 475 g/mol. The van der Waals surface area contributed by atoms with Crippen LogP contribution < -0.4 is 20.7 Å². The number of amides is 1. The van der Waals surface area contributed by atoms with E-state index in [9.17, 15) is 9.18 Å². The van der Waals surface area contributed by atoms with Crippen LogP contribution in [-0.4, -0.2) is 48.8 Å². The fourth-order valence-electron chi connectivity index (χ4n) is 3.30. The van der Waals surface area contributed by atoms with Crippen molar-refractivity contribution in [1.29, 1.82) is 0 Å². The predicted octanol–water partition coefficient (Wildman–Crippen LogP) is 3.80. The molecular formula is C23H27ClFN5O3. The number of ether oxygens (including phenoxy) is 2. The Bertz CT molecular complexity index is 1130. The lowest BCUT2D eigenvalue weighted by Crippen LogP contribution is -2.46. The van der Waals surface area contributed by atoms with Gasteiger partial charge in [0.25, 0.3) is 0 Å². The number of benzene rings is 2. The van der Waals surface area contributed by atoms with Crippen molar-refractivity contribution in [2.75, 3.05) is 26.1 Å². The summed E-state index contributed by atoms with van der Waals surface area (Å²) in [6.07, 6.45) is 1.39. The first-order valence-electron chi connectivity index (χ1n) is 10.4. The zero-order valence-corrected chi connectivity index (χ0v) is 19.7. The normalized spacial score (nSPS) is 12.9. The lowest BCUT2D eigenvalue weighted by atomic mass is 10.1. The van der Waals surface area contributed by atoms with Gasteiger partial charge < -0.3 is 25.4 Å². The number of nitrogens with zero attached hydrogens (tertiary/aromatic N) is 2. The van der Waals surface area contributed by atoms with Crippen molar-refractivity contribution in [2.24, 2.45) is 0 Å². The molecule has 0 spiro atoms. The summed E-state index contributed by atoms with van der Waals surface area (Å²) < 4.78 is 25.0. The van der Waals surface area contributed by atoms with E-state index in [4.69, 9.17) is 21.1 Å². The topological polar surface area (TPSA) is 97.4 Å². The fourth-order valence-corrected chi connectivity index (χ4v) is 3.47. The van der Waals surface area contributed by atoms with E-state index in [0.29, 0.717) is 35.6 Å². The molecule has 176 valence electrons. The molecule has 3 N–H and O–H groups in total. The standard InChI is InChI=1S/C23H27ClFN5O3/c1-13(11-32-3)29-23(31)14(2)26-10-15-8-16-19(9-20(15)33-4)27-12-28-22(16)30-18-7-5-6-17(24)21(18)25/h5-9,12-14,26H,10-11H2,1-4H3,(H,29,31)(H,27,28,30)/t13-,14-/m0/s1. The van der Waals surface area contributed by atoms with E-state index in [0.717, 1.165) is 5.56 Å². The molecule has 0 fully saturated rings. The highest BCUT2D eigenvalue weighted by molar-refractivity contribution is 6.31. The maximum atomic E-state index is 14.4. The summed E-state index contributed by atoms with van der Waals surface area (Å²) in [5.74, 6) is 0.323. The van der Waals surface area contributed by atoms with Crippen LogP contribution in [0.3, 0.4) is 0 Å². The number of aromatic nitrogens is 2. The van der Waals surface area contributed by atoms with Crippen LogP contribution in [-0.2, 0) is 16.1 Å². The van der Waals surface area contributed by atoms with Gasteiger partial charge in [-0.25, -0.2) is 14.4 Å². The van der Waals surface area contributed by atoms with Gasteiger partial charge in [-0.1, -0.05) is 17.7 Å². The summed E-state index contributed by atoms with van der Waals surface area (Å²) in [5, 5.41) is 9.75. The average molecular weight is 476 g/mol. The molecule has 0 bridgehead atoms. The van der Waals surface area contributed by atoms with Crippen LogP contribution in [0.15, 0.2) is 36.7 Å². The number of nitrogens with one attached hydrogen (secondary N) is 3. The van der Waals surface area contributed by atoms with Gasteiger partial charge in [-0.2, -0.15) is 0 Å². The number of methoxy groups -OCH3 is 2. The molecule has 3 rings (SSSR count). The highest BCUT2D eigenvalue weighted by Crippen LogP contribution is 2.31. The fraction of sp³-hybridized carbons (Fsp3) is 0.348. The van der Waals surface area contributed by atoms with Crippen LogP contribution >= 0.6 is 11.6 Å². The number of hydrogen-bond acceptors (Lipinski definition) is 7. The van der Waals surface area contributed by atoms with E-state index in [2.05, 4.69) is 25.9 Å². The molecule has 3 aromatic rings. The van der Waals surface area contributed by atoms with Gasteiger partial charge >= 0.3 is 0 Å². The molecule has 1 heterocycles. The largest absolute Gasteiger partial charge is 0.496 e. The van der Waals surface area contributed by atoms with E-state index < -0.39 is 11.9 Å². The molecule has 0 aliphatic carbocycles. The molecule has 2 atom stereocenters. The highest BCUT2D eigenvalue weighted by atomic mass is 35.5. The molecule has 0 aliphatic rings. The molecule has 0 radical (unpaired) electrons. The zero-order valence-electron chi connectivity index (χ0n) is 18.9. The summed E-state index contributed by atoms with van der Waals surface area (Å²) in [7, 11) is 3.15. The second-order valence-electron chi connectivity index (χ2n) is 7.60. The molecule has 2 aromatic carbocycles. The van der Waals surface area contributed by atoms with Gasteiger partial charge in [0.2, 0.25) is 5.91 Å². The van der Waals surface area contributed by atoms with Gasteiger partial charge in [-0.05, 0) is 32.0 Å². The first-order chi connectivity index (χ1) is 15.8. The molecule has 8 nitrogen and oxygen atoms in total. The van der Waals surface area contributed by atoms with Crippen molar-refractivity contribution >= 4 is 39.9 Å². The molecule has 0 saturated heterocycles. The van der Waals surface area contributed by atoms with Gasteiger partial charge in [0.15, 0.2) is 5.82 Å². The van der Waals surface area contributed by atoms with Crippen molar-refractivity contribution in [1.82, 2.24) is 20.6 Å². The minimum absolute atomic E-state index is 0.0111. The Labute approximate surface area is 196 Å². The number of anilines is 2. The van der Waals surface area contributed by atoms with Crippen molar-refractivity contribution in [2.45, 2.75) is 32.5 Å². The summed E-state index contributed by atoms with van der Waals surface area (Å²) in [4.78, 5) is 21.0. The van der Waals surface area contributed by atoms with Crippen molar-refractivity contribution in [3.05, 3.63) is 53.1 Å². The van der Waals surface area contributed by atoms with Crippen LogP contribution in [0.1, 0.15) is 19.4 Å². The molecule has 1 amide bonds. The summed E-state index contributed by atoms with van der Waals surface area (Å²) in [6.45, 7) is 4.43. The Kier molecular flexibility index (Phi) is 8.37. The Morgan fingerprint density at radius 3 is 2.73 bits per heavy atom. The van der Waals surface area contributed by atoms with E-state index in [1.807, 2.05) is 13.0 Å². The van der Waals surface area contributed by atoms with E-state index in [1.54, 1.807) is 39.3 Å². The van der Waals surface area contributed by atoms with Crippen molar-refractivity contribution < 1.29 is 18.7 Å². The van der Waals surface area contributed by atoms with Crippen LogP contribution in [0.4, 0.5) is 15.9 Å². The minimum Gasteiger partial charge on any atom is -0.496 e. The Balaban J connectivity index is 1.84. The van der Waals surface area contributed by atoms with Gasteiger partial charge in [0.05, 0.1) is 36.0 Å². The Hall–Kier alpha value is -3.01. The van der Waals surface area contributed by atoms with E-state index >= 15 is 0 Å². The lowest BCUT2D eigenvalue weighted by molar-refractivity contribution is -0.123. The number of carbonyl (C=O) groups excluding carboxylic acids is 1.